The number of aromatic amines is 1. The maximum absolute atomic E-state index is 10.6. The fourth-order valence-corrected chi connectivity index (χ4v) is 0.683. The van der Waals surface area contributed by atoms with Crippen LogP contribution in [0.15, 0.2) is 10.9 Å². The van der Waals surface area contributed by atoms with Crippen LogP contribution >= 0.6 is 0 Å². The number of hydrogen-bond acceptors (Lipinski definition) is 3. The number of H-pyrrole nitrogens is 1. The number of hydrogen-bond donors (Lipinski definition) is 2. The predicted octanol–water partition coefficient (Wildman–Crippen LogP) is -0.429. The Hall–Kier alpha value is -1.16. The third kappa shape index (κ3) is 1.22. The van der Waals surface area contributed by atoms with Crippen molar-refractivity contribution in [3.63, 3.8) is 0 Å². The van der Waals surface area contributed by atoms with Crippen molar-refractivity contribution in [1.29, 1.82) is 0 Å². The van der Waals surface area contributed by atoms with Gasteiger partial charge in [-0.3, -0.25) is 4.79 Å². The normalized spacial score (nSPS) is 9.80. The number of nitrogens with zero attached hydrogens (tertiary/aromatic N) is 1. The highest BCUT2D eigenvalue weighted by atomic mass is 16.3. The van der Waals surface area contributed by atoms with E-state index in [-0.39, 0.29) is 12.2 Å². The van der Waals surface area contributed by atoms with Crippen LogP contribution in [0.2, 0.25) is 0 Å². The second-order valence-electron chi connectivity index (χ2n) is 2.02. The quantitative estimate of drug-likeness (QED) is 0.556. The van der Waals surface area contributed by atoms with E-state index in [0.717, 1.165) is 0 Å². The van der Waals surface area contributed by atoms with Crippen molar-refractivity contribution in [2.45, 2.75) is 13.5 Å². The Labute approximate surface area is 57.5 Å². The average molecular weight is 140 g/mol. The van der Waals surface area contributed by atoms with Crippen LogP contribution in [0.3, 0.4) is 0 Å². The molecule has 0 aromatic carbocycles. The molecule has 0 fully saturated rings. The van der Waals surface area contributed by atoms with Gasteiger partial charge in [-0.15, -0.1) is 0 Å². The monoisotopic (exact) mass is 140 g/mol. The fourth-order valence-electron chi connectivity index (χ4n) is 0.683. The van der Waals surface area contributed by atoms with Crippen LogP contribution in [0.1, 0.15) is 11.3 Å². The lowest BCUT2D eigenvalue weighted by atomic mass is 10.2. The van der Waals surface area contributed by atoms with Crippen LogP contribution < -0.4 is 5.56 Å². The highest BCUT2D eigenvalue weighted by Gasteiger charge is 1.96. The van der Waals surface area contributed by atoms with Crippen LogP contribution in [0.5, 0.6) is 0 Å². The molecule has 0 spiro atoms. The van der Waals surface area contributed by atoms with E-state index < -0.39 is 0 Å². The van der Waals surface area contributed by atoms with Gasteiger partial charge in [-0.1, -0.05) is 0 Å². The lowest BCUT2D eigenvalue weighted by Crippen LogP contribution is -2.10. The zero-order valence-corrected chi connectivity index (χ0v) is 5.59. The van der Waals surface area contributed by atoms with E-state index >= 15 is 0 Å². The first-order chi connectivity index (χ1) is 4.74. The first kappa shape index (κ1) is 6.95. The van der Waals surface area contributed by atoms with E-state index in [1.165, 1.54) is 6.07 Å². The van der Waals surface area contributed by atoms with Gasteiger partial charge in [0.2, 0.25) is 0 Å². The van der Waals surface area contributed by atoms with Gasteiger partial charge in [0.05, 0.1) is 12.3 Å². The van der Waals surface area contributed by atoms with E-state index in [4.69, 9.17) is 5.11 Å². The van der Waals surface area contributed by atoms with Crippen molar-refractivity contribution in [2.24, 2.45) is 0 Å². The summed E-state index contributed by atoms with van der Waals surface area (Å²) < 4.78 is 0. The van der Waals surface area contributed by atoms with Crippen molar-refractivity contribution in [1.82, 2.24) is 10.2 Å². The molecule has 0 saturated carbocycles. The molecule has 1 aromatic heterocycles. The van der Waals surface area contributed by atoms with Crippen LogP contribution in [0, 0.1) is 6.92 Å². The number of rotatable bonds is 1. The van der Waals surface area contributed by atoms with Gasteiger partial charge in [-0.05, 0) is 12.5 Å². The number of aromatic nitrogens is 2. The predicted molar refractivity (Wildman–Crippen MR) is 35.5 cm³/mol. The summed E-state index contributed by atoms with van der Waals surface area (Å²) in [5, 5.41) is 14.5. The number of aliphatic hydroxyl groups is 1. The molecule has 1 rings (SSSR count). The van der Waals surface area contributed by atoms with Crippen LogP contribution in [0.4, 0.5) is 0 Å². The first-order valence-corrected chi connectivity index (χ1v) is 2.90. The molecule has 54 valence electrons. The average Bonchev–Trinajstić information content (AvgIpc) is 1.88. The lowest BCUT2D eigenvalue weighted by molar-refractivity contribution is 0.274. The molecule has 0 atom stereocenters. The van der Waals surface area contributed by atoms with Crippen molar-refractivity contribution in [3.05, 3.63) is 27.7 Å². The zero-order chi connectivity index (χ0) is 7.56. The first-order valence-electron chi connectivity index (χ1n) is 2.90. The van der Waals surface area contributed by atoms with Crippen molar-refractivity contribution < 1.29 is 5.11 Å². The summed E-state index contributed by atoms with van der Waals surface area (Å²) >= 11 is 0. The van der Waals surface area contributed by atoms with E-state index in [9.17, 15) is 4.79 Å². The van der Waals surface area contributed by atoms with Crippen molar-refractivity contribution in [2.75, 3.05) is 0 Å². The Bertz CT molecular complexity index is 279. The van der Waals surface area contributed by atoms with Gasteiger partial charge < -0.3 is 5.11 Å². The van der Waals surface area contributed by atoms with Crippen LogP contribution in [-0.4, -0.2) is 15.3 Å². The molecule has 0 bridgehead atoms. The Morgan fingerprint density at radius 3 is 3.00 bits per heavy atom. The minimum atomic E-state index is -0.241. The molecule has 2 N–H and O–H groups in total. The standard InChI is InChI=1S/C6H8N2O2/c1-4-2-6(10)8-7-5(4)3-9/h2,9H,3H2,1H3,(H,8,10). The Morgan fingerprint density at radius 2 is 2.50 bits per heavy atom. The third-order valence-corrected chi connectivity index (χ3v) is 1.25. The minimum Gasteiger partial charge on any atom is -0.390 e. The molecular weight excluding hydrogens is 132 g/mol. The second-order valence-corrected chi connectivity index (χ2v) is 2.02. The summed E-state index contributed by atoms with van der Waals surface area (Å²) in [6.45, 7) is 1.59. The van der Waals surface area contributed by atoms with Gasteiger partial charge >= 0.3 is 0 Å². The highest BCUT2D eigenvalue weighted by Crippen LogP contribution is 1.96. The molecule has 0 unspecified atom stereocenters. The molecule has 1 aromatic rings. The van der Waals surface area contributed by atoms with Gasteiger partial charge in [-0.2, -0.15) is 5.10 Å². The Morgan fingerprint density at radius 1 is 1.80 bits per heavy atom. The summed E-state index contributed by atoms with van der Waals surface area (Å²) in [6.07, 6.45) is 0. The van der Waals surface area contributed by atoms with Gasteiger partial charge in [0.25, 0.3) is 5.56 Å². The summed E-state index contributed by atoms with van der Waals surface area (Å²) in [5.41, 5.74) is 0.987. The molecule has 0 amide bonds. The molecule has 4 nitrogen and oxygen atoms in total. The Kier molecular flexibility index (Phi) is 1.82. The van der Waals surface area contributed by atoms with Crippen LogP contribution in [-0.2, 0) is 6.61 Å². The molecule has 0 saturated heterocycles. The fraction of sp³-hybridized carbons (Fsp3) is 0.333. The van der Waals surface area contributed by atoms with E-state index in [1.54, 1.807) is 6.92 Å². The van der Waals surface area contributed by atoms with Gasteiger partial charge in [0.1, 0.15) is 0 Å². The molecule has 4 heteroatoms. The Balaban J connectivity index is 3.19. The van der Waals surface area contributed by atoms with Gasteiger partial charge in [0, 0.05) is 6.07 Å². The molecule has 0 aliphatic rings. The largest absolute Gasteiger partial charge is 0.390 e. The summed E-state index contributed by atoms with van der Waals surface area (Å²) in [7, 11) is 0. The van der Waals surface area contributed by atoms with Crippen LogP contribution in [0.25, 0.3) is 0 Å². The maximum Gasteiger partial charge on any atom is 0.264 e. The number of nitrogens with one attached hydrogen (secondary N) is 1. The van der Waals surface area contributed by atoms with Crippen molar-refractivity contribution >= 4 is 0 Å². The van der Waals surface area contributed by atoms with Gasteiger partial charge in [-0.25, -0.2) is 5.10 Å². The lowest BCUT2D eigenvalue weighted by Gasteiger charge is -1.96. The second kappa shape index (κ2) is 2.62. The topological polar surface area (TPSA) is 66.0 Å². The molecular formula is C6H8N2O2. The molecule has 1 heterocycles. The third-order valence-electron chi connectivity index (χ3n) is 1.25. The number of aliphatic hydroxyl groups excluding tert-OH is 1. The molecule has 0 aliphatic heterocycles. The molecule has 0 aliphatic carbocycles. The highest BCUT2D eigenvalue weighted by molar-refractivity contribution is 5.13. The molecule has 10 heavy (non-hydrogen) atoms. The van der Waals surface area contributed by atoms with Gasteiger partial charge in [0.15, 0.2) is 0 Å². The molecule has 0 radical (unpaired) electrons. The minimum absolute atomic E-state index is 0.136. The summed E-state index contributed by atoms with van der Waals surface area (Å²) in [4.78, 5) is 10.6. The SMILES string of the molecule is Cc1cc(=O)[nH]nc1CO. The van der Waals surface area contributed by atoms with E-state index in [0.29, 0.717) is 11.3 Å². The van der Waals surface area contributed by atoms with E-state index in [1.807, 2.05) is 0 Å². The zero-order valence-electron chi connectivity index (χ0n) is 5.59. The summed E-state index contributed by atoms with van der Waals surface area (Å²) in [5.74, 6) is 0. The summed E-state index contributed by atoms with van der Waals surface area (Å²) in [6, 6.07) is 1.40. The van der Waals surface area contributed by atoms with Crippen molar-refractivity contribution in [3.8, 4) is 0 Å². The smallest absolute Gasteiger partial charge is 0.264 e. The maximum atomic E-state index is 10.6. The number of aryl methyl sites for hydroxylation is 1. The van der Waals surface area contributed by atoms with E-state index in [2.05, 4.69) is 10.2 Å².